The fraction of sp³-hybridized carbons (Fsp3) is 0.333. The molecule has 4 aromatic rings. The number of likely N-dealkylation sites (N-methyl/N-ethyl adjacent to an activating group) is 1. The SMILES string of the molecule is C=C(C)CN(CC)c1nc(C(N)=O)cc(-c2ccccc2)n1.CCOCCN(CCOCC)c1nc(C(N)=O)cc(-c2ccccc2)n1. The van der Waals surface area contributed by atoms with Crippen LogP contribution in [-0.2, 0) is 9.47 Å². The minimum absolute atomic E-state index is 0.187. The lowest BCUT2D eigenvalue weighted by molar-refractivity contribution is 0.0987. The highest BCUT2D eigenvalue weighted by Crippen LogP contribution is 2.22. The number of carbonyl (C=O) groups excluding carboxylic acids is 2. The number of hydrogen-bond acceptors (Lipinski definition) is 10. The van der Waals surface area contributed by atoms with Crippen molar-refractivity contribution in [2.45, 2.75) is 27.7 Å². The highest BCUT2D eigenvalue weighted by atomic mass is 16.5. The molecule has 0 fully saturated rings. The van der Waals surface area contributed by atoms with Crippen molar-refractivity contribution in [2.24, 2.45) is 11.5 Å². The number of ether oxygens (including phenoxy) is 2. The Balaban J connectivity index is 0.000000264. The van der Waals surface area contributed by atoms with E-state index in [2.05, 4.69) is 26.5 Å². The van der Waals surface area contributed by atoms with Crippen LogP contribution in [0.4, 0.5) is 11.9 Å². The first-order valence-electron chi connectivity index (χ1n) is 15.9. The molecule has 0 aliphatic rings. The summed E-state index contributed by atoms with van der Waals surface area (Å²) in [6.45, 7) is 16.6. The van der Waals surface area contributed by atoms with Gasteiger partial charge in [-0.3, -0.25) is 9.59 Å². The number of carbonyl (C=O) groups is 2. The van der Waals surface area contributed by atoms with Gasteiger partial charge < -0.3 is 30.7 Å². The minimum atomic E-state index is -0.583. The molecule has 12 heteroatoms. The monoisotopic (exact) mass is 654 g/mol. The van der Waals surface area contributed by atoms with Crippen molar-refractivity contribution in [3.63, 3.8) is 0 Å². The van der Waals surface area contributed by atoms with Crippen LogP contribution in [0.15, 0.2) is 84.9 Å². The van der Waals surface area contributed by atoms with Gasteiger partial charge in [0, 0.05) is 50.5 Å². The van der Waals surface area contributed by atoms with E-state index >= 15 is 0 Å². The number of nitrogens with zero attached hydrogens (tertiary/aromatic N) is 6. The Kier molecular flexibility index (Phi) is 15.1. The summed E-state index contributed by atoms with van der Waals surface area (Å²) in [6, 6.07) is 22.5. The molecule has 2 amide bonds. The van der Waals surface area contributed by atoms with Crippen LogP contribution < -0.4 is 21.3 Å². The molecule has 0 spiro atoms. The number of amides is 2. The molecule has 4 N–H and O–H groups in total. The number of anilines is 2. The standard InChI is InChI=1S/C19H26N4O3.C17H20N4O/c1-3-25-12-10-23(11-13-26-4-2)19-21-16(14-17(22-19)18(20)24)15-8-6-5-7-9-15;1-4-21(11-12(2)3)17-19-14(10-15(20-17)16(18)22)13-8-6-5-7-9-13/h5-9,14H,3-4,10-13H2,1-2H3,(H2,20,24);5-10H,2,4,11H2,1,3H3,(H2,18,22). The molecule has 2 aromatic heterocycles. The largest absolute Gasteiger partial charge is 0.380 e. The summed E-state index contributed by atoms with van der Waals surface area (Å²) in [7, 11) is 0. The van der Waals surface area contributed by atoms with Crippen LogP contribution in [0.2, 0.25) is 0 Å². The summed E-state index contributed by atoms with van der Waals surface area (Å²) in [5.74, 6) is -0.215. The van der Waals surface area contributed by atoms with Crippen LogP contribution in [0.3, 0.4) is 0 Å². The molecular formula is C36H46N8O4. The quantitative estimate of drug-likeness (QED) is 0.120. The molecule has 2 aromatic carbocycles. The Morgan fingerprint density at radius 1 is 0.688 bits per heavy atom. The van der Waals surface area contributed by atoms with Gasteiger partial charge in [-0.15, -0.1) is 0 Å². The van der Waals surface area contributed by atoms with Gasteiger partial charge >= 0.3 is 0 Å². The zero-order valence-electron chi connectivity index (χ0n) is 28.3. The van der Waals surface area contributed by atoms with Gasteiger partial charge in [-0.1, -0.05) is 72.8 Å². The molecule has 0 radical (unpaired) electrons. The molecule has 48 heavy (non-hydrogen) atoms. The molecule has 2 heterocycles. The number of aromatic nitrogens is 4. The third-order valence-electron chi connectivity index (χ3n) is 6.90. The smallest absolute Gasteiger partial charge is 0.267 e. The van der Waals surface area contributed by atoms with Crippen LogP contribution >= 0.6 is 0 Å². The molecule has 0 unspecified atom stereocenters. The van der Waals surface area contributed by atoms with Crippen LogP contribution in [0.5, 0.6) is 0 Å². The van der Waals surface area contributed by atoms with Crippen molar-refractivity contribution >= 4 is 23.7 Å². The second-order valence-electron chi connectivity index (χ2n) is 10.7. The second kappa shape index (κ2) is 19.5. The summed E-state index contributed by atoms with van der Waals surface area (Å²) < 4.78 is 10.9. The number of rotatable bonds is 17. The highest BCUT2D eigenvalue weighted by molar-refractivity contribution is 5.92. The molecule has 12 nitrogen and oxygen atoms in total. The average molecular weight is 655 g/mol. The van der Waals surface area contributed by atoms with Gasteiger partial charge in [0.1, 0.15) is 11.4 Å². The summed E-state index contributed by atoms with van der Waals surface area (Å²) in [4.78, 5) is 45.1. The lowest BCUT2D eigenvalue weighted by Gasteiger charge is -2.23. The van der Waals surface area contributed by atoms with E-state index in [1.807, 2.05) is 98.2 Å². The van der Waals surface area contributed by atoms with Crippen molar-refractivity contribution in [2.75, 3.05) is 62.4 Å². The normalized spacial score (nSPS) is 10.5. The molecule has 0 saturated heterocycles. The van der Waals surface area contributed by atoms with Gasteiger partial charge in [-0.2, -0.15) is 0 Å². The lowest BCUT2D eigenvalue weighted by atomic mass is 10.1. The number of benzene rings is 2. The Bertz CT molecular complexity index is 1610. The van der Waals surface area contributed by atoms with Crippen LogP contribution in [0.25, 0.3) is 22.5 Å². The van der Waals surface area contributed by atoms with E-state index in [4.69, 9.17) is 20.9 Å². The zero-order valence-corrected chi connectivity index (χ0v) is 28.3. The minimum Gasteiger partial charge on any atom is -0.380 e. The fourth-order valence-electron chi connectivity index (χ4n) is 4.52. The van der Waals surface area contributed by atoms with E-state index in [0.29, 0.717) is 75.9 Å². The first-order valence-corrected chi connectivity index (χ1v) is 15.9. The zero-order chi connectivity index (χ0) is 34.9. The molecule has 0 bridgehead atoms. The Hall–Kier alpha value is -5.20. The average Bonchev–Trinajstić information content (AvgIpc) is 3.10. The first kappa shape index (κ1) is 37.3. The summed E-state index contributed by atoms with van der Waals surface area (Å²) in [6.07, 6.45) is 0. The first-order chi connectivity index (χ1) is 23.2. The Labute approximate surface area is 282 Å². The molecule has 0 saturated carbocycles. The molecular weight excluding hydrogens is 608 g/mol. The second-order valence-corrected chi connectivity index (χ2v) is 10.7. The van der Waals surface area contributed by atoms with Crippen molar-refractivity contribution in [1.82, 2.24) is 19.9 Å². The maximum atomic E-state index is 11.7. The van der Waals surface area contributed by atoms with Crippen molar-refractivity contribution in [1.29, 1.82) is 0 Å². The van der Waals surface area contributed by atoms with Crippen molar-refractivity contribution in [3.8, 4) is 22.5 Å². The summed E-state index contributed by atoms with van der Waals surface area (Å²) >= 11 is 0. The number of hydrogen-bond donors (Lipinski definition) is 2. The van der Waals surface area contributed by atoms with E-state index in [9.17, 15) is 9.59 Å². The number of primary amides is 2. The molecule has 254 valence electrons. The third kappa shape index (κ3) is 11.6. The van der Waals surface area contributed by atoms with Gasteiger partial charge in [0.2, 0.25) is 11.9 Å². The molecule has 0 aliphatic carbocycles. The Morgan fingerprint density at radius 3 is 1.46 bits per heavy atom. The topological polar surface area (TPSA) is 163 Å². The van der Waals surface area contributed by atoms with Gasteiger partial charge in [0.15, 0.2) is 0 Å². The maximum absolute atomic E-state index is 11.7. The number of nitrogens with two attached hydrogens (primary N) is 2. The van der Waals surface area contributed by atoms with Crippen molar-refractivity contribution < 1.29 is 19.1 Å². The predicted octanol–water partition coefficient (Wildman–Crippen LogP) is 4.77. The van der Waals surface area contributed by atoms with E-state index in [-0.39, 0.29) is 11.4 Å². The lowest BCUT2D eigenvalue weighted by Crippen LogP contribution is -2.33. The fourth-order valence-corrected chi connectivity index (χ4v) is 4.52. The highest BCUT2D eigenvalue weighted by Gasteiger charge is 2.17. The molecule has 0 atom stereocenters. The van der Waals surface area contributed by atoms with Gasteiger partial charge in [0.25, 0.3) is 11.8 Å². The third-order valence-corrected chi connectivity index (χ3v) is 6.90. The van der Waals surface area contributed by atoms with Crippen LogP contribution in [-0.4, -0.2) is 84.4 Å². The van der Waals surface area contributed by atoms with Gasteiger partial charge in [-0.25, -0.2) is 19.9 Å². The van der Waals surface area contributed by atoms with Crippen LogP contribution in [0, 0.1) is 0 Å². The van der Waals surface area contributed by atoms with Crippen molar-refractivity contribution in [3.05, 3.63) is 96.3 Å². The van der Waals surface area contributed by atoms with Gasteiger partial charge in [0.05, 0.1) is 24.6 Å². The predicted molar refractivity (Wildman–Crippen MR) is 190 cm³/mol. The van der Waals surface area contributed by atoms with E-state index < -0.39 is 11.8 Å². The van der Waals surface area contributed by atoms with E-state index in [0.717, 1.165) is 16.7 Å². The molecule has 0 aliphatic heterocycles. The van der Waals surface area contributed by atoms with Gasteiger partial charge in [-0.05, 0) is 39.8 Å². The molecule has 4 rings (SSSR count). The summed E-state index contributed by atoms with van der Waals surface area (Å²) in [5.41, 5.74) is 15.4. The Morgan fingerprint density at radius 2 is 1.10 bits per heavy atom. The maximum Gasteiger partial charge on any atom is 0.267 e. The van der Waals surface area contributed by atoms with E-state index in [1.54, 1.807) is 12.1 Å². The van der Waals surface area contributed by atoms with Crippen LogP contribution in [0.1, 0.15) is 48.7 Å². The summed E-state index contributed by atoms with van der Waals surface area (Å²) in [5, 5.41) is 0. The van der Waals surface area contributed by atoms with E-state index in [1.165, 1.54) is 0 Å².